The molecule has 0 radical (unpaired) electrons. The molecule has 0 bridgehead atoms. The van der Waals surface area contributed by atoms with Crippen LogP contribution in [0.5, 0.6) is 5.75 Å². The molecule has 4 rings (SSSR count). The molecule has 0 aromatic heterocycles. The van der Waals surface area contributed by atoms with Gasteiger partial charge in [0.05, 0.1) is 24.0 Å². The maximum absolute atomic E-state index is 14.2. The number of carboxylic acid groups (broad SMARTS) is 1. The highest BCUT2D eigenvalue weighted by Gasteiger charge is 2.57. The quantitative estimate of drug-likeness (QED) is 0.241. The first-order chi connectivity index (χ1) is 18.6. The standard InChI is InChI=1S/C29H29N3O7/c1-17(2)30-29(36)31-25(19-11-15-22(39-3)16-12-19)24(27(33)20-7-5-4-6-8-20)23(26(31)28(34)35)18-9-13-21(14-10-18)32(37)38/h4-17,23-26H,1-3H3,(H,30,36)(H,34,35). The van der Waals surface area contributed by atoms with Crippen LogP contribution in [0.1, 0.15) is 47.3 Å². The largest absolute Gasteiger partial charge is 0.497 e. The van der Waals surface area contributed by atoms with Crippen LogP contribution in [0, 0.1) is 16.0 Å². The zero-order valence-corrected chi connectivity index (χ0v) is 21.7. The van der Waals surface area contributed by atoms with Gasteiger partial charge < -0.3 is 20.1 Å². The molecule has 39 heavy (non-hydrogen) atoms. The number of amides is 2. The molecule has 1 aliphatic heterocycles. The van der Waals surface area contributed by atoms with Crippen molar-refractivity contribution < 1.29 is 29.2 Å². The summed E-state index contributed by atoms with van der Waals surface area (Å²) in [5, 5.41) is 24.6. The molecule has 10 nitrogen and oxygen atoms in total. The molecule has 4 atom stereocenters. The molecule has 0 spiro atoms. The van der Waals surface area contributed by atoms with Gasteiger partial charge in [-0.15, -0.1) is 0 Å². The number of hydrogen-bond donors (Lipinski definition) is 2. The summed E-state index contributed by atoms with van der Waals surface area (Å²) in [4.78, 5) is 52.7. The number of carboxylic acids is 1. The van der Waals surface area contributed by atoms with Gasteiger partial charge in [0.1, 0.15) is 11.8 Å². The van der Waals surface area contributed by atoms with Gasteiger partial charge in [-0.1, -0.05) is 54.6 Å². The normalized spacial score (nSPS) is 20.5. The third-order valence-corrected chi connectivity index (χ3v) is 6.87. The molecule has 1 heterocycles. The van der Waals surface area contributed by atoms with E-state index in [4.69, 9.17) is 4.74 Å². The minimum Gasteiger partial charge on any atom is -0.497 e. The third kappa shape index (κ3) is 5.45. The summed E-state index contributed by atoms with van der Waals surface area (Å²) in [6.45, 7) is 3.51. The van der Waals surface area contributed by atoms with E-state index < -0.39 is 40.8 Å². The molecule has 1 fully saturated rings. The van der Waals surface area contributed by atoms with Crippen LogP contribution in [0.3, 0.4) is 0 Å². The number of ketones is 1. The highest BCUT2D eigenvalue weighted by atomic mass is 16.6. The Morgan fingerprint density at radius 1 is 0.949 bits per heavy atom. The molecule has 0 saturated carbocycles. The molecule has 4 unspecified atom stereocenters. The number of methoxy groups -OCH3 is 1. The number of benzene rings is 3. The second kappa shape index (κ2) is 11.3. The predicted octanol–water partition coefficient (Wildman–Crippen LogP) is 4.81. The molecule has 1 aliphatic rings. The van der Waals surface area contributed by atoms with Crippen molar-refractivity contribution in [2.75, 3.05) is 7.11 Å². The van der Waals surface area contributed by atoms with Crippen LogP contribution in [-0.4, -0.2) is 51.9 Å². The van der Waals surface area contributed by atoms with Gasteiger partial charge in [-0.05, 0) is 37.1 Å². The lowest BCUT2D eigenvalue weighted by Gasteiger charge is -2.31. The maximum atomic E-state index is 14.2. The van der Waals surface area contributed by atoms with Crippen molar-refractivity contribution in [3.05, 3.63) is 106 Å². The predicted molar refractivity (Wildman–Crippen MR) is 143 cm³/mol. The molecular formula is C29H29N3O7. The van der Waals surface area contributed by atoms with Crippen molar-refractivity contribution in [1.82, 2.24) is 10.2 Å². The first-order valence-electron chi connectivity index (χ1n) is 12.4. The summed E-state index contributed by atoms with van der Waals surface area (Å²) in [6.07, 6.45) is 0. The van der Waals surface area contributed by atoms with Crippen LogP contribution in [0.4, 0.5) is 10.5 Å². The Balaban J connectivity index is 1.97. The van der Waals surface area contributed by atoms with Crippen LogP contribution in [0.15, 0.2) is 78.9 Å². The van der Waals surface area contributed by atoms with E-state index in [1.807, 2.05) is 0 Å². The number of hydrogen-bond acceptors (Lipinski definition) is 6. The fourth-order valence-electron chi connectivity index (χ4n) is 5.24. The Kier molecular flexibility index (Phi) is 7.94. The van der Waals surface area contributed by atoms with Gasteiger partial charge in [-0.2, -0.15) is 0 Å². The van der Waals surface area contributed by atoms with Crippen LogP contribution in [0.2, 0.25) is 0 Å². The van der Waals surface area contributed by atoms with Crippen LogP contribution >= 0.6 is 0 Å². The molecule has 3 aromatic carbocycles. The summed E-state index contributed by atoms with van der Waals surface area (Å²) in [5.41, 5.74) is 1.15. The SMILES string of the molecule is COc1ccc(C2C(C(=O)c3ccccc3)C(c3ccc([N+](=O)[O-])cc3)C(C(=O)O)N2C(=O)NC(C)C)cc1. The summed E-state index contributed by atoms with van der Waals surface area (Å²) < 4.78 is 5.27. The number of ether oxygens (including phenoxy) is 1. The molecule has 1 saturated heterocycles. The smallest absolute Gasteiger partial charge is 0.327 e. The number of carbonyl (C=O) groups excluding carboxylic acids is 2. The molecule has 2 amide bonds. The molecule has 2 N–H and O–H groups in total. The molecule has 202 valence electrons. The second-order valence-corrected chi connectivity index (χ2v) is 9.64. The zero-order valence-electron chi connectivity index (χ0n) is 21.7. The number of nitro benzene ring substituents is 1. The zero-order chi connectivity index (χ0) is 28.3. The van der Waals surface area contributed by atoms with E-state index in [1.54, 1.807) is 68.4 Å². The molecule has 10 heteroatoms. The van der Waals surface area contributed by atoms with E-state index in [0.29, 0.717) is 22.4 Å². The van der Waals surface area contributed by atoms with Crippen molar-refractivity contribution in [2.24, 2.45) is 5.92 Å². The van der Waals surface area contributed by atoms with Gasteiger partial charge in [0, 0.05) is 29.7 Å². The average Bonchev–Trinajstić information content (AvgIpc) is 3.29. The Hall–Kier alpha value is -4.73. The highest BCUT2D eigenvalue weighted by molar-refractivity contribution is 6.01. The maximum Gasteiger partial charge on any atom is 0.327 e. The van der Waals surface area contributed by atoms with Gasteiger partial charge in [0.2, 0.25) is 0 Å². The van der Waals surface area contributed by atoms with Gasteiger partial charge >= 0.3 is 12.0 Å². The Morgan fingerprint density at radius 2 is 1.54 bits per heavy atom. The van der Waals surface area contributed by atoms with Crippen LogP contribution < -0.4 is 10.1 Å². The van der Waals surface area contributed by atoms with E-state index in [-0.39, 0.29) is 17.5 Å². The Labute approximate surface area is 225 Å². The van der Waals surface area contributed by atoms with Gasteiger partial charge in [0.25, 0.3) is 5.69 Å². The number of rotatable bonds is 8. The number of likely N-dealkylation sites (tertiary alicyclic amines) is 1. The number of carbonyl (C=O) groups is 3. The van der Waals surface area contributed by atoms with Crippen molar-refractivity contribution in [2.45, 2.75) is 37.9 Å². The summed E-state index contributed by atoms with van der Waals surface area (Å²) in [6, 6.07) is 17.4. The fraction of sp³-hybridized carbons (Fsp3) is 0.276. The van der Waals surface area contributed by atoms with Crippen molar-refractivity contribution in [1.29, 1.82) is 0 Å². The number of urea groups is 1. The lowest BCUT2D eigenvalue weighted by Crippen LogP contribution is -2.50. The Morgan fingerprint density at radius 3 is 2.05 bits per heavy atom. The second-order valence-electron chi connectivity index (χ2n) is 9.64. The number of nitrogens with zero attached hydrogens (tertiary/aromatic N) is 2. The van der Waals surface area contributed by atoms with Gasteiger partial charge in [0.15, 0.2) is 5.78 Å². The monoisotopic (exact) mass is 531 g/mol. The number of Topliss-reactive ketones (excluding diaryl/α,β-unsaturated/α-hetero) is 1. The molecule has 0 aliphatic carbocycles. The first kappa shape index (κ1) is 27.3. The average molecular weight is 532 g/mol. The van der Waals surface area contributed by atoms with E-state index in [0.717, 1.165) is 0 Å². The van der Waals surface area contributed by atoms with E-state index in [2.05, 4.69) is 5.32 Å². The summed E-state index contributed by atoms with van der Waals surface area (Å²) in [5.74, 6) is -3.09. The van der Waals surface area contributed by atoms with E-state index >= 15 is 0 Å². The molecular weight excluding hydrogens is 502 g/mol. The highest BCUT2D eigenvalue weighted by Crippen LogP contribution is 2.51. The fourth-order valence-corrected chi connectivity index (χ4v) is 5.24. The minimum absolute atomic E-state index is 0.171. The summed E-state index contributed by atoms with van der Waals surface area (Å²) >= 11 is 0. The van der Waals surface area contributed by atoms with Crippen molar-refractivity contribution >= 4 is 23.5 Å². The number of nitrogens with one attached hydrogen (secondary N) is 1. The Bertz CT molecular complexity index is 1360. The summed E-state index contributed by atoms with van der Waals surface area (Å²) in [7, 11) is 1.51. The number of aliphatic carboxylic acids is 1. The van der Waals surface area contributed by atoms with Gasteiger partial charge in [-0.3, -0.25) is 14.9 Å². The molecule has 3 aromatic rings. The lowest BCUT2D eigenvalue weighted by atomic mass is 9.76. The number of nitro groups is 1. The van der Waals surface area contributed by atoms with E-state index in [1.165, 1.54) is 36.3 Å². The topological polar surface area (TPSA) is 139 Å². The first-order valence-corrected chi connectivity index (χ1v) is 12.4. The van der Waals surface area contributed by atoms with Crippen LogP contribution in [-0.2, 0) is 4.79 Å². The van der Waals surface area contributed by atoms with E-state index in [9.17, 15) is 29.6 Å². The minimum atomic E-state index is -1.44. The van der Waals surface area contributed by atoms with Crippen LogP contribution in [0.25, 0.3) is 0 Å². The van der Waals surface area contributed by atoms with Gasteiger partial charge in [-0.25, -0.2) is 9.59 Å². The number of non-ortho nitro benzene ring substituents is 1. The van der Waals surface area contributed by atoms with Crippen molar-refractivity contribution in [3.63, 3.8) is 0 Å². The van der Waals surface area contributed by atoms with Crippen molar-refractivity contribution in [3.8, 4) is 5.75 Å². The lowest BCUT2D eigenvalue weighted by molar-refractivity contribution is -0.384. The third-order valence-electron chi connectivity index (χ3n) is 6.87.